The average Bonchev–Trinajstić information content (AvgIpc) is 1.89. The van der Waals surface area contributed by atoms with Crippen molar-refractivity contribution >= 4 is 0 Å². The van der Waals surface area contributed by atoms with E-state index in [0.717, 1.165) is 6.42 Å². The van der Waals surface area contributed by atoms with Gasteiger partial charge in [-0.1, -0.05) is 33.1 Å². The predicted octanol–water partition coefficient (Wildman–Crippen LogP) is 2.69. The van der Waals surface area contributed by atoms with Crippen molar-refractivity contribution in [3.8, 4) is 0 Å². The van der Waals surface area contributed by atoms with Gasteiger partial charge in [-0.05, 0) is 19.8 Å². The summed E-state index contributed by atoms with van der Waals surface area (Å²) in [6, 6.07) is 0. The zero-order valence-corrected chi connectivity index (χ0v) is 7.61. The molecule has 0 aliphatic carbocycles. The van der Waals surface area contributed by atoms with Gasteiger partial charge in [-0.2, -0.15) is 0 Å². The summed E-state index contributed by atoms with van der Waals surface area (Å²) in [6.45, 7) is 6.52. The van der Waals surface area contributed by atoms with Gasteiger partial charge in [-0.3, -0.25) is 0 Å². The van der Waals surface area contributed by atoms with E-state index in [1.54, 1.807) is 0 Å². The molecule has 62 valence electrons. The predicted molar refractivity (Wildman–Crippen MR) is 47.0 cm³/mol. The van der Waals surface area contributed by atoms with Gasteiger partial charge >= 0.3 is 0 Å². The van der Waals surface area contributed by atoms with Gasteiger partial charge in [-0.15, -0.1) is 0 Å². The van der Waals surface area contributed by atoms with Crippen LogP contribution in [0, 0.1) is 0 Å². The highest BCUT2D eigenvalue weighted by molar-refractivity contribution is 4.75. The molecule has 0 aliphatic rings. The number of hydrogen-bond acceptors (Lipinski definition) is 1. The summed E-state index contributed by atoms with van der Waals surface area (Å²) in [6.07, 6.45) is 6.18. The van der Waals surface area contributed by atoms with E-state index in [1.165, 1.54) is 25.7 Å². The summed E-state index contributed by atoms with van der Waals surface area (Å²) < 4.78 is 0. The minimum atomic E-state index is 0.0924. The molecule has 0 fully saturated rings. The van der Waals surface area contributed by atoms with Crippen LogP contribution in [0.15, 0.2) is 0 Å². The van der Waals surface area contributed by atoms with Crippen LogP contribution in [0.5, 0.6) is 0 Å². The first kappa shape index (κ1) is 9.96. The molecule has 0 aromatic heterocycles. The molecule has 0 spiro atoms. The molecule has 1 nitrogen and oxygen atoms in total. The average molecular weight is 143 g/mol. The van der Waals surface area contributed by atoms with Crippen molar-refractivity contribution in [2.75, 3.05) is 0 Å². The van der Waals surface area contributed by atoms with E-state index >= 15 is 0 Å². The molecule has 0 aromatic rings. The van der Waals surface area contributed by atoms with E-state index in [4.69, 9.17) is 5.73 Å². The van der Waals surface area contributed by atoms with Gasteiger partial charge in [0.15, 0.2) is 0 Å². The normalized spacial score (nSPS) is 16.8. The molecule has 0 aromatic carbocycles. The minimum absolute atomic E-state index is 0.0924. The Hall–Kier alpha value is -0.0400. The van der Waals surface area contributed by atoms with Crippen molar-refractivity contribution in [1.29, 1.82) is 0 Å². The maximum atomic E-state index is 5.96. The summed E-state index contributed by atoms with van der Waals surface area (Å²) in [5, 5.41) is 0. The number of unbranched alkanes of at least 4 members (excludes halogenated alkanes) is 2. The van der Waals surface area contributed by atoms with E-state index in [-0.39, 0.29) is 5.54 Å². The van der Waals surface area contributed by atoms with Gasteiger partial charge in [-0.25, -0.2) is 0 Å². The molecule has 0 radical (unpaired) electrons. The molecule has 0 heterocycles. The third-order valence-corrected chi connectivity index (χ3v) is 2.16. The zero-order valence-electron chi connectivity index (χ0n) is 7.61. The second-order valence-corrected chi connectivity index (χ2v) is 3.46. The molecule has 0 aliphatic heterocycles. The highest BCUT2D eigenvalue weighted by Crippen LogP contribution is 2.14. The number of hydrogen-bond donors (Lipinski definition) is 1. The third-order valence-electron chi connectivity index (χ3n) is 2.16. The second kappa shape index (κ2) is 4.73. The standard InChI is InChI=1S/C9H21N/c1-4-6-7-8-9(3,10)5-2/h4-8,10H2,1-3H3. The molecular weight excluding hydrogens is 122 g/mol. The Morgan fingerprint density at radius 1 is 1.20 bits per heavy atom. The second-order valence-electron chi connectivity index (χ2n) is 3.46. The fourth-order valence-electron chi connectivity index (χ4n) is 0.956. The highest BCUT2D eigenvalue weighted by Gasteiger charge is 2.13. The van der Waals surface area contributed by atoms with Crippen molar-refractivity contribution in [3.63, 3.8) is 0 Å². The van der Waals surface area contributed by atoms with Crippen LogP contribution in [0.3, 0.4) is 0 Å². The number of rotatable bonds is 5. The molecular formula is C9H21N. The lowest BCUT2D eigenvalue weighted by Gasteiger charge is -2.21. The van der Waals surface area contributed by atoms with Crippen molar-refractivity contribution in [3.05, 3.63) is 0 Å². The molecule has 1 atom stereocenters. The first-order valence-electron chi connectivity index (χ1n) is 4.41. The minimum Gasteiger partial charge on any atom is -0.325 e. The van der Waals surface area contributed by atoms with Crippen molar-refractivity contribution < 1.29 is 0 Å². The SMILES string of the molecule is CCCCCC(C)(N)CC. The van der Waals surface area contributed by atoms with Gasteiger partial charge in [0.25, 0.3) is 0 Å². The van der Waals surface area contributed by atoms with Crippen LogP contribution in [0.1, 0.15) is 52.9 Å². The summed E-state index contributed by atoms with van der Waals surface area (Å²) in [4.78, 5) is 0. The topological polar surface area (TPSA) is 26.0 Å². The van der Waals surface area contributed by atoms with Crippen LogP contribution in [0.2, 0.25) is 0 Å². The quantitative estimate of drug-likeness (QED) is 0.588. The fraction of sp³-hybridized carbons (Fsp3) is 1.00. The van der Waals surface area contributed by atoms with Crippen LogP contribution in [-0.2, 0) is 0 Å². The molecule has 0 rings (SSSR count). The molecule has 10 heavy (non-hydrogen) atoms. The third kappa shape index (κ3) is 4.80. The van der Waals surface area contributed by atoms with E-state index in [2.05, 4.69) is 20.8 Å². The lowest BCUT2D eigenvalue weighted by atomic mass is 9.93. The van der Waals surface area contributed by atoms with Crippen molar-refractivity contribution in [1.82, 2.24) is 0 Å². The van der Waals surface area contributed by atoms with Crippen LogP contribution in [-0.4, -0.2) is 5.54 Å². The first-order valence-corrected chi connectivity index (χ1v) is 4.41. The van der Waals surface area contributed by atoms with Crippen molar-refractivity contribution in [2.45, 2.75) is 58.4 Å². The summed E-state index contributed by atoms with van der Waals surface area (Å²) >= 11 is 0. The van der Waals surface area contributed by atoms with Gasteiger partial charge in [0, 0.05) is 5.54 Å². The molecule has 0 saturated carbocycles. The smallest absolute Gasteiger partial charge is 0.0123 e. The maximum Gasteiger partial charge on any atom is 0.0123 e. The molecule has 1 unspecified atom stereocenters. The van der Waals surface area contributed by atoms with Crippen LogP contribution >= 0.6 is 0 Å². The van der Waals surface area contributed by atoms with Crippen LogP contribution < -0.4 is 5.73 Å². The molecule has 0 bridgehead atoms. The lowest BCUT2D eigenvalue weighted by molar-refractivity contribution is 0.399. The Morgan fingerprint density at radius 2 is 1.80 bits per heavy atom. The van der Waals surface area contributed by atoms with Gasteiger partial charge in [0.05, 0.1) is 0 Å². The van der Waals surface area contributed by atoms with E-state index < -0.39 is 0 Å². The first-order chi connectivity index (χ1) is 4.62. The van der Waals surface area contributed by atoms with Crippen LogP contribution in [0.4, 0.5) is 0 Å². The Bertz CT molecular complexity index is 76.8. The zero-order chi connectivity index (χ0) is 8.04. The van der Waals surface area contributed by atoms with E-state index in [1.807, 2.05) is 0 Å². The highest BCUT2D eigenvalue weighted by atomic mass is 14.7. The fourth-order valence-corrected chi connectivity index (χ4v) is 0.956. The van der Waals surface area contributed by atoms with E-state index in [0.29, 0.717) is 0 Å². The van der Waals surface area contributed by atoms with E-state index in [9.17, 15) is 0 Å². The van der Waals surface area contributed by atoms with Gasteiger partial charge < -0.3 is 5.73 Å². The number of nitrogens with two attached hydrogens (primary N) is 1. The Labute approximate surface area is 65.0 Å². The maximum absolute atomic E-state index is 5.96. The molecule has 1 heteroatoms. The lowest BCUT2D eigenvalue weighted by Crippen LogP contribution is -2.34. The largest absolute Gasteiger partial charge is 0.325 e. The Balaban J connectivity index is 3.28. The van der Waals surface area contributed by atoms with Gasteiger partial charge in [0.1, 0.15) is 0 Å². The Kier molecular flexibility index (Phi) is 4.71. The summed E-state index contributed by atoms with van der Waals surface area (Å²) in [5.74, 6) is 0. The van der Waals surface area contributed by atoms with Gasteiger partial charge in [0.2, 0.25) is 0 Å². The van der Waals surface area contributed by atoms with Crippen molar-refractivity contribution in [2.24, 2.45) is 5.73 Å². The van der Waals surface area contributed by atoms with Crippen LogP contribution in [0.25, 0.3) is 0 Å². The summed E-state index contributed by atoms with van der Waals surface area (Å²) in [5.41, 5.74) is 6.05. The molecule has 2 N–H and O–H groups in total. The monoisotopic (exact) mass is 143 g/mol. The molecule has 0 saturated heterocycles. The summed E-state index contributed by atoms with van der Waals surface area (Å²) in [7, 11) is 0. The Morgan fingerprint density at radius 3 is 2.20 bits per heavy atom. The molecule has 0 amide bonds.